The summed E-state index contributed by atoms with van der Waals surface area (Å²) in [5.74, 6) is 1.71. The monoisotopic (exact) mass is 297 g/mol. The quantitative estimate of drug-likeness (QED) is 0.799. The van der Waals surface area contributed by atoms with Crippen LogP contribution < -0.4 is 0 Å². The van der Waals surface area contributed by atoms with Crippen molar-refractivity contribution in [2.75, 3.05) is 19.6 Å². The van der Waals surface area contributed by atoms with Crippen molar-refractivity contribution < 1.29 is 13.9 Å². The fourth-order valence-electron chi connectivity index (χ4n) is 4.84. The van der Waals surface area contributed by atoms with Gasteiger partial charge in [-0.25, -0.2) is 4.79 Å². The minimum atomic E-state index is -0.185. The summed E-state index contributed by atoms with van der Waals surface area (Å²) in [5.41, 5.74) is 1.43. The van der Waals surface area contributed by atoms with Crippen LogP contribution in [-0.4, -0.2) is 36.6 Å². The largest absolute Gasteiger partial charge is 0.464 e. The highest BCUT2D eigenvalue weighted by atomic mass is 16.5. The van der Waals surface area contributed by atoms with E-state index in [1.165, 1.54) is 19.4 Å². The van der Waals surface area contributed by atoms with Crippen LogP contribution in [0.2, 0.25) is 0 Å². The molecule has 0 radical (unpaired) electrons. The summed E-state index contributed by atoms with van der Waals surface area (Å²) < 4.78 is 11.3. The number of piperidine rings is 3. The van der Waals surface area contributed by atoms with Gasteiger partial charge in [-0.3, -0.25) is 0 Å². The first-order valence-corrected chi connectivity index (χ1v) is 8.17. The van der Waals surface area contributed by atoms with E-state index in [9.17, 15) is 4.79 Å². The van der Waals surface area contributed by atoms with Crippen LogP contribution in [0.25, 0.3) is 11.0 Å². The van der Waals surface area contributed by atoms with E-state index < -0.39 is 0 Å². The zero-order valence-electron chi connectivity index (χ0n) is 12.4. The van der Waals surface area contributed by atoms with Crippen molar-refractivity contribution in [3.05, 3.63) is 36.1 Å². The second-order valence-corrected chi connectivity index (χ2v) is 7.12. The highest BCUT2D eigenvalue weighted by Gasteiger charge is 2.49. The third kappa shape index (κ3) is 1.90. The number of hydrogen-bond donors (Lipinski definition) is 0. The lowest BCUT2D eigenvalue weighted by Crippen LogP contribution is -2.60. The molecule has 4 heterocycles. The van der Waals surface area contributed by atoms with Gasteiger partial charge in [0.05, 0.1) is 11.8 Å². The second-order valence-electron chi connectivity index (χ2n) is 7.12. The number of carbonyl (C=O) groups is 1. The number of hydrogen-bond acceptors (Lipinski definition) is 4. The molecule has 1 aromatic heterocycles. The molecule has 2 aromatic rings. The SMILES string of the molecule is O=C(OC1C2CC3CC1CN(C3)C2)c1ccc2occc2c1. The first-order chi connectivity index (χ1) is 10.8. The molecule has 114 valence electrons. The third-order valence-corrected chi connectivity index (χ3v) is 5.63. The zero-order valence-corrected chi connectivity index (χ0v) is 12.4. The summed E-state index contributed by atoms with van der Waals surface area (Å²) in [7, 11) is 0. The number of furan rings is 1. The molecule has 2 atom stereocenters. The van der Waals surface area contributed by atoms with Gasteiger partial charge in [-0.15, -0.1) is 0 Å². The minimum absolute atomic E-state index is 0.111. The van der Waals surface area contributed by atoms with Crippen molar-refractivity contribution >= 4 is 16.9 Å². The predicted octanol–water partition coefficient (Wildman–Crippen LogP) is 2.93. The molecule has 0 spiro atoms. The Kier molecular flexibility index (Phi) is 2.65. The molecular formula is C18H19NO3. The maximum atomic E-state index is 12.5. The van der Waals surface area contributed by atoms with Crippen molar-refractivity contribution in [3.8, 4) is 0 Å². The topological polar surface area (TPSA) is 42.7 Å². The molecule has 1 saturated carbocycles. The summed E-state index contributed by atoms with van der Waals surface area (Å²) in [6, 6.07) is 7.38. The van der Waals surface area contributed by atoms with E-state index in [1.54, 1.807) is 12.3 Å². The molecule has 1 aliphatic carbocycles. The highest BCUT2D eigenvalue weighted by molar-refractivity contribution is 5.94. The number of benzene rings is 1. The molecule has 1 aromatic carbocycles. The first kappa shape index (κ1) is 12.7. The Morgan fingerprint density at radius 1 is 1.14 bits per heavy atom. The van der Waals surface area contributed by atoms with E-state index in [2.05, 4.69) is 4.90 Å². The average molecular weight is 297 g/mol. The Balaban J connectivity index is 1.38. The van der Waals surface area contributed by atoms with Gasteiger partial charge in [0, 0.05) is 36.9 Å². The molecule has 4 bridgehead atoms. The van der Waals surface area contributed by atoms with Gasteiger partial charge in [0.2, 0.25) is 0 Å². The van der Waals surface area contributed by atoms with Crippen LogP contribution in [0.1, 0.15) is 23.2 Å². The predicted molar refractivity (Wildman–Crippen MR) is 81.6 cm³/mol. The van der Waals surface area contributed by atoms with Gasteiger partial charge in [0.15, 0.2) is 0 Å². The summed E-state index contributed by atoms with van der Waals surface area (Å²) >= 11 is 0. The van der Waals surface area contributed by atoms with Gasteiger partial charge < -0.3 is 14.1 Å². The van der Waals surface area contributed by atoms with Crippen molar-refractivity contribution in [1.82, 2.24) is 4.90 Å². The number of carbonyl (C=O) groups excluding carboxylic acids is 1. The van der Waals surface area contributed by atoms with E-state index >= 15 is 0 Å². The molecule has 3 saturated heterocycles. The van der Waals surface area contributed by atoms with Crippen LogP contribution in [0.4, 0.5) is 0 Å². The van der Waals surface area contributed by atoms with Crippen molar-refractivity contribution in [2.45, 2.75) is 18.9 Å². The Hall–Kier alpha value is -1.81. The molecule has 22 heavy (non-hydrogen) atoms. The van der Waals surface area contributed by atoms with E-state index in [0.717, 1.165) is 30.0 Å². The first-order valence-electron chi connectivity index (χ1n) is 8.17. The number of ether oxygens (including phenoxy) is 1. The number of rotatable bonds is 2. The minimum Gasteiger partial charge on any atom is -0.464 e. The van der Waals surface area contributed by atoms with Crippen molar-refractivity contribution in [1.29, 1.82) is 0 Å². The normalized spacial score (nSPS) is 35.9. The van der Waals surface area contributed by atoms with Gasteiger partial charge in [0.1, 0.15) is 11.7 Å². The number of esters is 1. The zero-order chi connectivity index (χ0) is 14.7. The van der Waals surface area contributed by atoms with Gasteiger partial charge in [-0.1, -0.05) is 0 Å². The van der Waals surface area contributed by atoms with Crippen molar-refractivity contribution in [2.24, 2.45) is 17.8 Å². The lowest BCUT2D eigenvalue weighted by molar-refractivity contribution is -0.116. The third-order valence-electron chi connectivity index (χ3n) is 5.63. The Morgan fingerprint density at radius 3 is 2.73 bits per heavy atom. The maximum Gasteiger partial charge on any atom is 0.338 e. The van der Waals surface area contributed by atoms with E-state index in [-0.39, 0.29) is 12.1 Å². The van der Waals surface area contributed by atoms with Crippen LogP contribution >= 0.6 is 0 Å². The summed E-state index contributed by atoms with van der Waals surface area (Å²) in [4.78, 5) is 15.1. The van der Waals surface area contributed by atoms with E-state index in [0.29, 0.717) is 17.4 Å². The van der Waals surface area contributed by atoms with Gasteiger partial charge in [0.25, 0.3) is 0 Å². The molecule has 4 nitrogen and oxygen atoms in total. The Morgan fingerprint density at radius 2 is 1.95 bits per heavy atom. The number of fused-ring (bicyclic) bond motifs is 1. The number of nitrogens with zero attached hydrogens (tertiary/aromatic N) is 1. The molecule has 4 heteroatoms. The van der Waals surface area contributed by atoms with Crippen LogP contribution in [-0.2, 0) is 4.74 Å². The summed E-state index contributed by atoms with van der Waals surface area (Å²) in [5, 5.41) is 0.950. The summed E-state index contributed by atoms with van der Waals surface area (Å²) in [6.45, 7) is 3.46. The van der Waals surface area contributed by atoms with Crippen LogP contribution in [0.3, 0.4) is 0 Å². The molecule has 0 amide bonds. The van der Waals surface area contributed by atoms with Crippen LogP contribution in [0.5, 0.6) is 0 Å². The molecular weight excluding hydrogens is 278 g/mol. The molecule has 2 unspecified atom stereocenters. The van der Waals surface area contributed by atoms with Crippen LogP contribution in [0, 0.1) is 17.8 Å². The summed E-state index contributed by atoms with van der Waals surface area (Å²) in [6.07, 6.45) is 4.21. The Labute approximate surface area is 129 Å². The lowest BCUT2D eigenvalue weighted by atomic mass is 9.66. The second kappa shape index (κ2) is 4.59. The molecule has 3 aliphatic heterocycles. The van der Waals surface area contributed by atoms with Gasteiger partial charge in [-0.2, -0.15) is 0 Å². The molecule has 4 aliphatic rings. The maximum absolute atomic E-state index is 12.5. The smallest absolute Gasteiger partial charge is 0.338 e. The fourth-order valence-corrected chi connectivity index (χ4v) is 4.84. The van der Waals surface area contributed by atoms with Gasteiger partial charge in [-0.05, 0) is 43.0 Å². The highest BCUT2D eigenvalue weighted by Crippen LogP contribution is 2.44. The van der Waals surface area contributed by atoms with Crippen LogP contribution in [0.15, 0.2) is 34.9 Å². The van der Waals surface area contributed by atoms with Crippen molar-refractivity contribution in [3.63, 3.8) is 0 Å². The lowest BCUT2D eigenvalue weighted by Gasteiger charge is -2.55. The average Bonchev–Trinajstić information content (AvgIpc) is 2.97. The Bertz CT molecular complexity index is 707. The van der Waals surface area contributed by atoms with E-state index in [4.69, 9.17) is 9.15 Å². The standard InChI is InChI=1S/C18H19NO3/c20-18(13-1-2-16-12(7-13)3-4-21-16)22-17-14-5-11-6-15(17)10-19(8-11)9-14/h1-4,7,11,14-15,17H,5-6,8-10H2. The fraction of sp³-hybridized carbons (Fsp3) is 0.500. The molecule has 0 N–H and O–H groups in total. The molecule has 4 fully saturated rings. The van der Waals surface area contributed by atoms with E-state index in [1.807, 2.05) is 18.2 Å². The van der Waals surface area contributed by atoms with Gasteiger partial charge >= 0.3 is 5.97 Å². The molecule has 6 rings (SSSR count).